The molecule has 0 spiro atoms. The number of nitrogens with one attached hydrogen (secondary N) is 1. The topological polar surface area (TPSA) is 37.8 Å². The van der Waals surface area contributed by atoms with E-state index in [1.54, 1.807) is 0 Å². The molecule has 1 heterocycles. The molecule has 0 aliphatic heterocycles. The fraction of sp³-hybridized carbons (Fsp3) is 0.333. The summed E-state index contributed by atoms with van der Waals surface area (Å²) in [5, 5.41) is 4.05. The van der Waals surface area contributed by atoms with Crippen LogP contribution < -0.4 is 5.32 Å². The molecule has 21 heavy (non-hydrogen) atoms. The van der Waals surface area contributed by atoms with Gasteiger partial charge in [-0.2, -0.15) is 0 Å². The van der Waals surface area contributed by atoms with Gasteiger partial charge in [0.25, 0.3) is 0 Å². The molecule has 0 saturated carbocycles. The average molecular weight is 281 g/mol. The Labute approximate surface area is 126 Å². The van der Waals surface area contributed by atoms with Crippen molar-refractivity contribution in [3.8, 4) is 0 Å². The van der Waals surface area contributed by atoms with Crippen LogP contribution in [0.15, 0.2) is 42.1 Å². The number of anilines is 1. The van der Waals surface area contributed by atoms with Gasteiger partial charge in [-0.15, -0.1) is 0 Å². The minimum Gasteiger partial charge on any atom is -0.357 e. The van der Waals surface area contributed by atoms with Gasteiger partial charge in [-0.3, -0.25) is 0 Å². The normalized spacial score (nSPS) is 12.8. The largest absolute Gasteiger partial charge is 0.357 e. The fourth-order valence-corrected chi connectivity index (χ4v) is 2.44. The molecule has 0 unspecified atom stereocenters. The van der Waals surface area contributed by atoms with Gasteiger partial charge in [-0.25, -0.2) is 9.97 Å². The van der Waals surface area contributed by atoms with Crippen LogP contribution >= 0.6 is 0 Å². The molecule has 0 aliphatic rings. The van der Waals surface area contributed by atoms with Crippen LogP contribution in [0.5, 0.6) is 0 Å². The molecule has 0 atom stereocenters. The summed E-state index contributed by atoms with van der Waals surface area (Å²) in [5.41, 5.74) is 4.95. The monoisotopic (exact) mass is 281 g/mol. The summed E-state index contributed by atoms with van der Waals surface area (Å²) >= 11 is 0. The molecule has 0 fully saturated rings. The molecule has 0 saturated heterocycles. The summed E-state index contributed by atoms with van der Waals surface area (Å²) in [6, 6.07) is 6.39. The van der Waals surface area contributed by atoms with E-state index in [2.05, 4.69) is 66.4 Å². The summed E-state index contributed by atoms with van der Waals surface area (Å²) in [7, 11) is 1.83. The second-order valence-electron chi connectivity index (χ2n) is 5.17. The highest BCUT2D eigenvalue weighted by Crippen LogP contribution is 2.25. The number of allylic oxidation sites excluding steroid dienone is 4. The highest BCUT2D eigenvalue weighted by molar-refractivity contribution is 5.83. The van der Waals surface area contributed by atoms with Crippen LogP contribution in [0.1, 0.15) is 39.2 Å². The lowest BCUT2D eigenvalue weighted by Gasteiger charge is -2.09. The Bertz CT molecular complexity index is 684. The first-order valence-corrected chi connectivity index (χ1v) is 7.43. The predicted molar refractivity (Wildman–Crippen MR) is 91.4 cm³/mol. The van der Waals surface area contributed by atoms with E-state index in [0.717, 1.165) is 23.7 Å². The number of aromatic nitrogens is 2. The maximum absolute atomic E-state index is 4.52. The van der Waals surface area contributed by atoms with Crippen molar-refractivity contribution in [2.75, 3.05) is 12.4 Å². The van der Waals surface area contributed by atoms with Gasteiger partial charge >= 0.3 is 0 Å². The maximum atomic E-state index is 4.52. The SMILES string of the molecule is C/C=C(\C/C(C)=C/CC)c1ccc2cnc(NC)nc2c1. The zero-order chi connectivity index (χ0) is 15.2. The molecule has 1 aromatic heterocycles. The molecule has 110 valence electrons. The van der Waals surface area contributed by atoms with E-state index >= 15 is 0 Å². The van der Waals surface area contributed by atoms with Crippen LogP contribution in [0.3, 0.4) is 0 Å². The van der Waals surface area contributed by atoms with Crippen molar-refractivity contribution in [2.45, 2.75) is 33.6 Å². The van der Waals surface area contributed by atoms with Crippen LogP contribution in [-0.2, 0) is 0 Å². The Morgan fingerprint density at radius 1 is 1.33 bits per heavy atom. The van der Waals surface area contributed by atoms with Crippen LogP contribution in [0.2, 0.25) is 0 Å². The van der Waals surface area contributed by atoms with E-state index in [4.69, 9.17) is 0 Å². The molecular formula is C18H23N3. The molecule has 2 rings (SSSR count). The first-order chi connectivity index (χ1) is 10.2. The van der Waals surface area contributed by atoms with Gasteiger partial charge in [0.05, 0.1) is 5.52 Å². The molecule has 3 nitrogen and oxygen atoms in total. The summed E-state index contributed by atoms with van der Waals surface area (Å²) in [5.74, 6) is 0.656. The second-order valence-corrected chi connectivity index (χ2v) is 5.17. The minimum atomic E-state index is 0.656. The first kappa shape index (κ1) is 15.2. The Kier molecular flexibility index (Phi) is 5.09. The number of nitrogens with zero attached hydrogens (tertiary/aromatic N) is 2. The highest BCUT2D eigenvalue weighted by Gasteiger charge is 2.05. The number of hydrogen-bond acceptors (Lipinski definition) is 3. The third-order valence-corrected chi connectivity index (χ3v) is 3.55. The summed E-state index contributed by atoms with van der Waals surface area (Å²) < 4.78 is 0. The third-order valence-electron chi connectivity index (χ3n) is 3.55. The van der Waals surface area contributed by atoms with Crippen molar-refractivity contribution < 1.29 is 0 Å². The summed E-state index contributed by atoms with van der Waals surface area (Å²) in [4.78, 5) is 8.77. The van der Waals surface area contributed by atoms with Gasteiger partial charge in [0.1, 0.15) is 0 Å². The second kappa shape index (κ2) is 7.02. The predicted octanol–water partition coefficient (Wildman–Crippen LogP) is 4.82. The molecule has 0 amide bonds. The van der Waals surface area contributed by atoms with Crippen molar-refractivity contribution in [1.82, 2.24) is 9.97 Å². The maximum Gasteiger partial charge on any atom is 0.222 e. The van der Waals surface area contributed by atoms with Gasteiger partial charge in [0.2, 0.25) is 5.95 Å². The van der Waals surface area contributed by atoms with Crippen LogP contribution in [0, 0.1) is 0 Å². The first-order valence-electron chi connectivity index (χ1n) is 7.43. The van der Waals surface area contributed by atoms with E-state index in [0.29, 0.717) is 5.95 Å². The minimum absolute atomic E-state index is 0.656. The molecule has 0 aliphatic carbocycles. The van der Waals surface area contributed by atoms with Gasteiger partial charge in [0, 0.05) is 18.6 Å². The zero-order valence-electron chi connectivity index (χ0n) is 13.3. The van der Waals surface area contributed by atoms with Crippen molar-refractivity contribution in [3.63, 3.8) is 0 Å². The zero-order valence-corrected chi connectivity index (χ0v) is 13.3. The van der Waals surface area contributed by atoms with E-state index in [-0.39, 0.29) is 0 Å². The average Bonchev–Trinajstić information content (AvgIpc) is 2.51. The number of benzene rings is 1. The Balaban J connectivity index is 2.38. The van der Waals surface area contributed by atoms with Gasteiger partial charge in [-0.05, 0) is 43.9 Å². The van der Waals surface area contributed by atoms with E-state index in [1.807, 2.05) is 13.2 Å². The third kappa shape index (κ3) is 3.69. The lowest BCUT2D eigenvalue weighted by Crippen LogP contribution is -1.96. The Morgan fingerprint density at radius 2 is 2.14 bits per heavy atom. The summed E-state index contributed by atoms with van der Waals surface area (Å²) in [6.45, 7) is 6.46. The fourth-order valence-electron chi connectivity index (χ4n) is 2.44. The Morgan fingerprint density at radius 3 is 2.81 bits per heavy atom. The van der Waals surface area contributed by atoms with Crippen molar-refractivity contribution >= 4 is 22.4 Å². The molecule has 1 N–H and O–H groups in total. The standard InChI is InChI=1S/C18H23N3/c1-5-7-13(3)10-14(6-2)15-8-9-16-12-20-18(19-4)21-17(16)11-15/h6-9,11-12H,5,10H2,1-4H3,(H,19,20,21)/b13-7+,14-6+. The molecule has 0 radical (unpaired) electrons. The van der Waals surface area contributed by atoms with Crippen molar-refractivity contribution in [1.29, 1.82) is 0 Å². The summed E-state index contributed by atoms with van der Waals surface area (Å²) in [6.07, 6.45) is 8.40. The number of fused-ring (bicyclic) bond motifs is 1. The molecular weight excluding hydrogens is 258 g/mol. The van der Waals surface area contributed by atoms with Crippen LogP contribution in [0.25, 0.3) is 16.5 Å². The molecule has 1 aromatic carbocycles. The van der Waals surface area contributed by atoms with Crippen LogP contribution in [-0.4, -0.2) is 17.0 Å². The smallest absolute Gasteiger partial charge is 0.222 e. The Hall–Kier alpha value is -2.16. The van der Waals surface area contributed by atoms with Gasteiger partial charge in [0.15, 0.2) is 0 Å². The van der Waals surface area contributed by atoms with Gasteiger partial charge in [-0.1, -0.05) is 36.8 Å². The highest BCUT2D eigenvalue weighted by atomic mass is 15.1. The van der Waals surface area contributed by atoms with E-state index < -0.39 is 0 Å². The van der Waals surface area contributed by atoms with Crippen LogP contribution in [0.4, 0.5) is 5.95 Å². The van der Waals surface area contributed by atoms with Gasteiger partial charge < -0.3 is 5.32 Å². The molecule has 0 bridgehead atoms. The van der Waals surface area contributed by atoms with Crippen molar-refractivity contribution in [2.24, 2.45) is 0 Å². The number of rotatable bonds is 5. The lowest BCUT2D eigenvalue weighted by atomic mass is 9.97. The molecule has 2 aromatic rings. The van der Waals surface area contributed by atoms with E-state index in [1.165, 1.54) is 16.7 Å². The van der Waals surface area contributed by atoms with Crippen molar-refractivity contribution in [3.05, 3.63) is 47.7 Å². The van der Waals surface area contributed by atoms with E-state index in [9.17, 15) is 0 Å². The quantitative estimate of drug-likeness (QED) is 0.798. The molecule has 3 heteroatoms. The number of hydrogen-bond donors (Lipinski definition) is 1. The lowest BCUT2D eigenvalue weighted by molar-refractivity contribution is 1.13.